The van der Waals surface area contributed by atoms with E-state index in [0.717, 1.165) is 0 Å². The second kappa shape index (κ2) is 8.49. The SMILES string of the molecule is CCOCCOC(=O)CCNC. The highest BCUT2D eigenvalue weighted by molar-refractivity contribution is 5.69. The van der Waals surface area contributed by atoms with Crippen molar-refractivity contribution in [3.05, 3.63) is 0 Å². The summed E-state index contributed by atoms with van der Waals surface area (Å²) in [5.41, 5.74) is 0. The van der Waals surface area contributed by atoms with Crippen molar-refractivity contribution in [2.75, 3.05) is 33.4 Å². The van der Waals surface area contributed by atoms with E-state index in [1.807, 2.05) is 6.92 Å². The molecule has 72 valence electrons. The molecule has 0 saturated heterocycles. The second-order valence-corrected chi connectivity index (χ2v) is 2.27. The summed E-state index contributed by atoms with van der Waals surface area (Å²) >= 11 is 0. The predicted molar refractivity (Wildman–Crippen MR) is 46.0 cm³/mol. The normalized spacial score (nSPS) is 9.83. The summed E-state index contributed by atoms with van der Waals surface area (Å²) in [5.74, 6) is -0.177. The molecule has 0 amide bonds. The van der Waals surface area contributed by atoms with Gasteiger partial charge in [-0.1, -0.05) is 0 Å². The van der Waals surface area contributed by atoms with Crippen molar-refractivity contribution in [2.45, 2.75) is 13.3 Å². The van der Waals surface area contributed by atoms with Gasteiger partial charge in [-0.15, -0.1) is 0 Å². The van der Waals surface area contributed by atoms with Crippen LogP contribution in [0.3, 0.4) is 0 Å². The van der Waals surface area contributed by atoms with E-state index in [4.69, 9.17) is 9.47 Å². The topological polar surface area (TPSA) is 47.6 Å². The van der Waals surface area contributed by atoms with Gasteiger partial charge in [0, 0.05) is 13.2 Å². The highest BCUT2D eigenvalue weighted by Gasteiger charge is 1.99. The summed E-state index contributed by atoms with van der Waals surface area (Å²) in [6.45, 7) is 4.07. The van der Waals surface area contributed by atoms with E-state index < -0.39 is 0 Å². The number of nitrogens with one attached hydrogen (secondary N) is 1. The van der Waals surface area contributed by atoms with Gasteiger partial charge >= 0.3 is 5.97 Å². The Kier molecular flexibility index (Phi) is 8.05. The third-order valence-corrected chi connectivity index (χ3v) is 1.27. The first kappa shape index (κ1) is 11.4. The van der Waals surface area contributed by atoms with Crippen LogP contribution in [0.4, 0.5) is 0 Å². The molecule has 0 aromatic heterocycles. The third-order valence-electron chi connectivity index (χ3n) is 1.27. The monoisotopic (exact) mass is 175 g/mol. The minimum absolute atomic E-state index is 0.177. The van der Waals surface area contributed by atoms with E-state index in [1.165, 1.54) is 0 Å². The molecular formula is C8H17NO3. The molecule has 0 fully saturated rings. The van der Waals surface area contributed by atoms with E-state index >= 15 is 0 Å². The predicted octanol–water partition coefficient (Wildman–Crippen LogP) is 0.176. The van der Waals surface area contributed by atoms with Crippen LogP contribution in [-0.2, 0) is 14.3 Å². The van der Waals surface area contributed by atoms with Crippen LogP contribution in [-0.4, -0.2) is 39.4 Å². The average Bonchev–Trinajstić information content (AvgIpc) is 2.09. The zero-order chi connectivity index (χ0) is 9.23. The molecular weight excluding hydrogens is 158 g/mol. The molecule has 0 aromatic carbocycles. The maximum atomic E-state index is 10.8. The van der Waals surface area contributed by atoms with Gasteiger partial charge in [0.2, 0.25) is 0 Å². The van der Waals surface area contributed by atoms with Gasteiger partial charge in [0.05, 0.1) is 13.0 Å². The Labute approximate surface area is 73.2 Å². The Morgan fingerprint density at radius 2 is 2.17 bits per heavy atom. The Morgan fingerprint density at radius 3 is 2.75 bits per heavy atom. The van der Waals surface area contributed by atoms with Crippen molar-refractivity contribution in [3.8, 4) is 0 Å². The zero-order valence-electron chi connectivity index (χ0n) is 7.76. The summed E-state index contributed by atoms with van der Waals surface area (Å²) in [7, 11) is 1.80. The molecule has 0 heterocycles. The molecule has 4 heteroatoms. The Morgan fingerprint density at radius 1 is 1.42 bits per heavy atom. The first-order valence-electron chi connectivity index (χ1n) is 4.19. The molecule has 0 radical (unpaired) electrons. The molecule has 0 aromatic rings. The van der Waals surface area contributed by atoms with Gasteiger partial charge in [0.1, 0.15) is 6.61 Å². The molecule has 0 rings (SSSR count). The fourth-order valence-electron chi connectivity index (χ4n) is 0.658. The van der Waals surface area contributed by atoms with Crippen molar-refractivity contribution in [1.82, 2.24) is 5.32 Å². The Bertz CT molecular complexity index is 117. The highest BCUT2D eigenvalue weighted by atomic mass is 16.6. The highest BCUT2D eigenvalue weighted by Crippen LogP contribution is 1.85. The minimum Gasteiger partial charge on any atom is -0.463 e. The number of esters is 1. The molecule has 0 unspecified atom stereocenters. The van der Waals surface area contributed by atoms with Gasteiger partial charge in [0.25, 0.3) is 0 Å². The Hall–Kier alpha value is -0.610. The van der Waals surface area contributed by atoms with Crippen molar-refractivity contribution in [1.29, 1.82) is 0 Å². The molecule has 0 atom stereocenters. The zero-order valence-corrected chi connectivity index (χ0v) is 7.76. The van der Waals surface area contributed by atoms with Gasteiger partial charge in [-0.25, -0.2) is 0 Å². The number of rotatable bonds is 7. The van der Waals surface area contributed by atoms with Gasteiger partial charge in [-0.3, -0.25) is 4.79 Å². The summed E-state index contributed by atoms with van der Waals surface area (Å²) in [6, 6.07) is 0. The first-order chi connectivity index (χ1) is 5.81. The van der Waals surface area contributed by atoms with Crippen LogP contribution in [0.15, 0.2) is 0 Å². The first-order valence-corrected chi connectivity index (χ1v) is 4.19. The van der Waals surface area contributed by atoms with E-state index in [9.17, 15) is 4.79 Å². The van der Waals surface area contributed by atoms with Crippen LogP contribution in [0.2, 0.25) is 0 Å². The molecule has 1 N–H and O–H groups in total. The second-order valence-electron chi connectivity index (χ2n) is 2.27. The number of ether oxygens (including phenoxy) is 2. The number of hydrogen-bond acceptors (Lipinski definition) is 4. The van der Waals surface area contributed by atoms with E-state index in [1.54, 1.807) is 7.05 Å². The number of carbonyl (C=O) groups is 1. The maximum absolute atomic E-state index is 10.8. The van der Waals surface area contributed by atoms with Crippen LogP contribution in [0.5, 0.6) is 0 Å². The van der Waals surface area contributed by atoms with Crippen LogP contribution >= 0.6 is 0 Å². The standard InChI is InChI=1S/C8H17NO3/c1-3-11-6-7-12-8(10)4-5-9-2/h9H,3-7H2,1-2H3. The van der Waals surface area contributed by atoms with Crippen LogP contribution in [0.25, 0.3) is 0 Å². The lowest BCUT2D eigenvalue weighted by atomic mass is 10.4. The fourth-order valence-corrected chi connectivity index (χ4v) is 0.658. The van der Waals surface area contributed by atoms with Crippen LogP contribution in [0, 0.1) is 0 Å². The van der Waals surface area contributed by atoms with Gasteiger partial charge in [0.15, 0.2) is 0 Å². The molecule has 4 nitrogen and oxygen atoms in total. The van der Waals surface area contributed by atoms with E-state index in [2.05, 4.69) is 5.32 Å². The van der Waals surface area contributed by atoms with Crippen LogP contribution in [0.1, 0.15) is 13.3 Å². The lowest BCUT2D eigenvalue weighted by Crippen LogP contribution is -2.16. The van der Waals surface area contributed by atoms with Crippen molar-refractivity contribution in [2.24, 2.45) is 0 Å². The molecule has 0 aliphatic heterocycles. The molecule has 12 heavy (non-hydrogen) atoms. The van der Waals surface area contributed by atoms with E-state index in [-0.39, 0.29) is 5.97 Å². The summed E-state index contributed by atoms with van der Waals surface area (Å²) < 4.78 is 9.84. The molecule has 0 bridgehead atoms. The lowest BCUT2D eigenvalue weighted by molar-refractivity contribution is -0.145. The number of carbonyl (C=O) groups excluding carboxylic acids is 1. The number of hydrogen-bond donors (Lipinski definition) is 1. The van der Waals surface area contributed by atoms with E-state index in [0.29, 0.717) is 32.8 Å². The minimum atomic E-state index is -0.177. The fraction of sp³-hybridized carbons (Fsp3) is 0.875. The Balaban J connectivity index is 3.08. The summed E-state index contributed by atoms with van der Waals surface area (Å²) in [6.07, 6.45) is 0.419. The van der Waals surface area contributed by atoms with Gasteiger partial charge in [-0.05, 0) is 14.0 Å². The average molecular weight is 175 g/mol. The summed E-state index contributed by atoms with van der Waals surface area (Å²) in [5, 5.41) is 2.87. The van der Waals surface area contributed by atoms with Crippen LogP contribution < -0.4 is 5.32 Å². The maximum Gasteiger partial charge on any atom is 0.307 e. The van der Waals surface area contributed by atoms with Crippen molar-refractivity contribution >= 4 is 5.97 Å². The lowest BCUT2D eigenvalue weighted by Gasteiger charge is -2.03. The van der Waals surface area contributed by atoms with Gasteiger partial charge < -0.3 is 14.8 Å². The van der Waals surface area contributed by atoms with Crippen molar-refractivity contribution < 1.29 is 14.3 Å². The molecule has 0 spiro atoms. The van der Waals surface area contributed by atoms with Crippen molar-refractivity contribution in [3.63, 3.8) is 0 Å². The quantitative estimate of drug-likeness (QED) is 0.443. The molecule has 0 aliphatic carbocycles. The molecule has 0 saturated carbocycles. The third kappa shape index (κ3) is 7.50. The largest absolute Gasteiger partial charge is 0.463 e. The molecule has 0 aliphatic rings. The summed E-state index contributed by atoms with van der Waals surface area (Å²) in [4.78, 5) is 10.8. The smallest absolute Gasteiger partial charge is 0.307 e. The van der Waals surface area contributed by atoms with Gasteiger partial charge in [-0.2, -0.15) is 0 Å².